The first kappa shape index (κ1) is 25.1. The molecule has 5 rings (SSSR count). The molecule has 9 heteroatoms. The zero-order valence-electron chi connectivity index (χ0n) is 21.0. The van der Waals surface area contributed by atoms with Gasteiger partial charge in [-0.15, -0.1) is 5.10 Å². The van der Waals surface area contributed by atoms with Gasteiger partial charge in [0.25, 0.3) is 0 Å². The van der Waals surface area contributed by atoms with E-state index in [1.807, 2.05) is 35.0 Å². The number of hydrazine groups is 1. The largest absolute Gasteiger partial charge is 0.397 e. The van der Waals surface area contributed by atoms with Crippen LogP contribution >= 0.6 is 0 Å². The van der Waals surface area contributed by atoms with Crippen LogP contribution in [0.4, 0.5) is 11.4 Å². The van der Waals surface area contributed by atoms with Crippen molar-refractivity contribution < 1.29 is 0 Å². The Hall–Kier alpha value is -3.01. The maximum atomic E-state index is 5.60. The standard InChI is InChI=1S/C19H28N6.C7H11N3/c1-16(23-11-6-12-24(14-13-23)18-9-5-10-18)19-20-21-22-25(19)15-17-7-3-2-4-8-17;1-10(9)7-5-3-2-4-6(7)8/h2-4,7-8,16,18H,5-6,9-15H2,1H3;2-5H,8-9H2,1H3. The Balaban J connectivity index is 0.000000243. The molecule has 0 amide bonds. The second-order valence-corrected chi connectivity index (χ2v) is 9.54. The number of anilines is 2. The van der Waals surface area contributed by atoms with Gasteiger partial charge in [0.2, 0.25) is 0 Å². The van der Waals surface area contributed by atoms with Crippen molar-refractivity contribution in [2.24, 2.45) is 5.84 Å². The van der Waals surface area contributed by atoms with E-state index in [1.54, 1.807) is 7.05 Å². The van der Waals surface area contributed by atoms with E-state index in [0.29, 0.717) is 5.69 Å². The molecule has 2 heterocycles. The van der Waals surface area contributed by atoms with Gasteiger partial charge in [0.05, 0.1) is 24.0 Å². The average Bonchev–Trinajstić information content (AvgIpc) is 3.15. The lowest BCUT2D eigenvalue weighted by Gasteiger charge is -2.37. The Morgan fingerprint density at radius 1 is 0.971 bits per heavy atom. The van der Waals surface area contributed by atoms with Crippen LogP contribution in [0.15, 0.2) is 54.6 Å². The molecule has 2 fully saturated rings. The summed E-state index contributed by atoms with van der Waals surface area (Å²) in [4.78, 5) is 5.25. The molecule has 4 N–H and O–H groups in total. The fraction of sp³-hybridized carbons (Fsp3) is 0.500. The highest BCUT2D eigenvalue weighted by Crippen LogP contribution is 2.27. The summed E-state index contributed by atoms with van der Waals surface area (Å²) in [6.07, 6.45) is 5.44. The predicted molar refractivity (Wildman–Crippen MR) is 141 cm³/mol. The molecule has 0 bridgehead atoms. The van der Waals surface area contributed by atoms with Gasteiger partial charge in [-0.1, -0.05) is 48.9 Å². The zero-order chi connectivity index (χ0) is 24.6. The minimum absolute atomic E-state index is 0.250. The lowest BCUT2D eigenvalue weighted by molar-refractivity contribution is 0.126. The Morgan fingerprint density at radius 2 is 1.71 bits per heavy atom. The van der Waals surface area contributed by atoms with E-state index in [2.05, 4.69) is 56.5 Å². The van der Waals surface area contributed by atoms with E-state index in [1.165, 1.54) is 49.3 Å². The summed E-state index contributed by atoms with van der Waals surface area (Å²) < 4.78 is 1.95. The van der Waals surface area contributed by atoms with Gasteiger partial charge < -0.3 is 10.7 Å². The summed E-state index contributed by atoms with van der Waals surface area (Å²) in [5.74, 6) is 6.44. The molecule has 9 nitrogen and oxygen atoms in total. The Bertz CT molecular complexity index is 1030. The van der Waals surface area contributed by atoms with E-state index in [0.717, 1.165) is 37.2 Å². The molecule has 2 aromatic carbocycles. The first-order valence-corrected chi connectivity index (χ1v) is 12.6. The quantitative estimate of drug-likeness (QED) is 0.317. The second kappa shape index (κ2) is 12.1. The molecular formula is C26H39N9. The van der Waals surface area contributed by atoms with Crippen LogP contribution in [0.5, 0.6) is 0 Å². The smallest absolute Gasteiger partial charge is 0.168 e. The molecule has 1 aliphatic carbocycles. The maximum Gasteiger partial charge on any atom is 0.168 e. The van der Waals surface area contributed by atoms with Gasteiger partial charge in [0, 0.05) is 32.7 Å². The zero-order valence-corrected chi connectivity index (χ0v) is 21.0. The van der Waals surface area contributed by atoms with Crippen LogP contribution in [0.3, 0.4) is 0 Å². The van der Waals surface area contributed by atoms with E-state index < -0.39 is 0 Å². The van der Waals surface area contributed by atoms with Gasteiger partial charge in [-0.05, 0) is 60.9 Å². The minimum Gasteiger partial charge on any atom is -0.397 e. The summed E-state index contributed by atoms with van der Waals surface area (Å²) >= 11 is 0. The van der Waals surface area contributed by atoms with Crippen molar-refractivity contribution in [3.63, 3.8) is 0 Å². The molecule has 3 aromatic rings. The van der Waals surface area contributed by atoms with E-state index in [-0.39, 0.29) is 6.04 Å². The molecular weight excluding hydrogens is 438 g/mol. The summed E-state index contributed by atoms with van der Waals surface area (Å²) in [6.45, 7) is 7.62. The summed E-state index contributed by atoms with van der Waals surface area (Å²) in [6, 6.07) is 19.0. The van der Waals surface area contributed by atoms with Crippen LogP contribution in [0.1, 0.15) is 50.0 Å². The van der Waals surface area contributed by atoms with Crippen LogP contribution < -0.4 is 16.6 Å². The molecule has 0 radical (unpaired) electrons. The topological polar surface area (TPSA) is 105 Å². The minimum atomic E-state index is 0.250. The molecule has 35 heavy (non-hydrogen) atoms. The number of hydrogen-bond acceptors (Lipinski definition) is 8. The van der Waals surface area contributed by atoms with Gasteiger partial charge in [0.15, 0.2) is 5.82 Å². The third-order valence-corrected chi connectivity index (χ3v) is 7.13. The molecule has 1 aromatic heterocycles. The average molecular weight is 478 g/mol. The maximum absolute atomic E-state index is 5.60. The van der Waals surface area contributed by atoms with Crippen molar-refractivity contribution in [3.05, 3.63) is 66.0 Å². The van der Waals surface area contributed by atoms with E-state index in [9.17, 15) is 0 Å². The summed E-state index contributed by atoms with van der Waals surface area (Å²) in [7, 11) is 1.76. The fourth-order valence-corrected chi connectivity index (χ4v) is 4.81. The lowest BCUT2D eigenvalue weighted by atomic mass is 9.91. The van der Waals surface area contributed by atoms with Crippen LogP contribution in [0.25, 0.3) is 0 Å². The van der Waals surface area contributed by atoms with Crippen LogP contribution in [-0.2, 0) is 6.54 Å². The van der Waals surface area contributed by atoms with Gasteiger partial charge in [0.1, 0.15) is 0 Å². The lowest BCUT2D eigenvalue weighted by Crippen LogP contribution is -2.42. The third-order valence-electron chi connectivity index (χ3n) is 7.13. The van der Waals surface area contributed by atoms with Gasteiger partial charge in [-0.3, -0.25) is 9.80 Å². The van der Waals surface area contributed by atoms with Gasteiger partial charge in [-0.2, -0.15) is 0 Å². The molecule has 1 saturated carbocycles. The number of benzene rings is 2. The molecule has 188 valence electrons. The van der Waals surface area contributed by atoms with Crippen LogP contribution in [0, 0.1) is 0 Å². The molecule has 1 saturated heterocycles. The number of tetrazole rings is 1. The number of hydrogen-bond donors (Lipinski definition) is 2. The highest BCUT2D eigenvalue weighted by Gasteiger charge is 2.29. The van der Waals surface area contributed by atoms with Crippen molar-refractivity contribution in [1.82, 2.24) is 30.0 Å². The van der Waals surface area contributed by atoms with Crippen LogP contribution in [0.2, 0.25) is 0 Å². The number of rotatable bonds is 6. The van der Waals surface area contributed by atoms with E-state index in [4.69, 9.17) is 11.6 Å². The van der Waals surface area contributed by atoms with Gasteiger partial charge in [-0.25, -0.2) is 10.5 Å². The number of nitrogens with zero attached hydrogens (tertiary/aromatic N) is 7. The van der Waals surface area contributed by atoms with Crippen molar-refractivity contribution >= 4 is 11.4 Å². The third kappa shape index (κ3) is 6.56. The molecule has 1 aliphatic heterocycles. The Labute approximate surface area is 208 Å². The normalized spacial score (nSPS) is 18.1. The number of nitrogen functional groups attached to an aromatic ring is 1. The SMILES string of the molecule is CC(c1nnnn1Cc1ccccc1)N1CCCN(C2CCC2)CC1.CN(N)c1ccccc1N. The monoisotopic (exact) mass is 477 g/mol. The first-order chi connectivity index (χ1) is 17.0. The number of para-hydroxylation sites is 2. The molecule has 1 unspecified atom stereocenters. The first-order valence-electron chi connectivity index (χ1n) is 12.6. The molecule has 2 aliphatic rings. The van der Waals surface area contributed by atoms with Crippen molar-refractivity contribution in [1.29, 1.82) is 0 Å². The van der Waals surface area contributed by atoms with Crippen LogP contribution in [-0.4, -0.2) is 69.3 Å². The Kier molecular flexibility index (Phi) is 8.68. The van der Waals surface area contributed by atoms with Crippen molar-refractivity contribution in [2.45, 2.75) is 51.2 Å². The highest BCUT2D eigenvalue weighted by atomic mass is 15.5. The summed E-state index contributed by atoms with van der Waals surface area (Å²) in [5.41, 5.74) is 8.38. The van der Waals surface area contributed by atoms with Crippen molar-refractivity contribution in [2.75, 3.05) is 44.0 Å². The second-order valence-electron chi connectivity index (χ2n) is 9.54. The van der Waals surface area contributed by atoms with Gasteiger partial charge >= 0.3 is 0 Å². The van der Waals surface area contributed by atoms with E-state index >= 15 is 0 Å². The fourth-order valence-electron chi connectivity index (χ4n) is 4.81. The molecule has 1 atom stereocenters. The summed E-state index contributed by atoms with van der Waals surface area (Å²) in [5, 5.41) is 14.0. The van der Waals surface area contributed by atoms with Crippen molar-refractivity contribution in [3.8, 4) is 0 Å². The number of aromatic nitrogens is 4. The Morgan fingerprint density at radius 3 is 2.37 bits per heavy atom. The predicted octanol–water partition coefficient (Wildman–Crippen LogP) is 2.92. The highest BCUT2D eigenvalue weighted by molar-refractivity contribution is 5.65. The molecule has 0 spiro atoms. The number of nitrogens with two attached hydrogens (primary N) is 2.